The minimum Gasteiger partial charge on any atom is -0.368 e. The highest BCUT2D eigenvalue weighted by Crippen LogP contribution is 2.28. The number of amides is 1. The number of carbonyl (C=O) groups excluding carboxylic acids is 1. The molecule has 98 valence electrons. The number of carbonyl (C=O) groups is 1. The molecule has 0 saturated carbocycles. The van der Waals surface area contributed by atoms with Gasteiger partial charge in [-0.2, -0.15) is 0 Å². The predicted octanol–water partition coefficient (Wildman–Crippen LogP) is 2.00. The molecule has 2 aromatic rings. The number of nitrogen functional groups attached to an aromatic ring is 1. The van der Waals surface area contributed by atoms with Crippen LogP contribution >= 0.6 is 22.6 Å². The molecule has 0 spiro atoms. The molecular formula is C13H13IN4O. The molecule has 0 radical (unpaired) electrons. The van der Waals surface area contributed by atoms with E-state index in [-0.39, 0.29) is 11.9 Å². The lowest BCUT2D eigenvalue weighted by molar-refractivity contribution is 0.0962. The third-order valence-electron chi connectivity index (χ3n) is 2.69. The number of nitrogens with one attached hydrogen (secondary N) is 1. The number of hydrogen-bond donors (Lipinski definition) is 2. The first-order valence-electron chi connectivity index (χ1n) is 5.65. The van der Waals surface area contributed by atoms with Crippen molar-refractivity contribution in [2.75, 3.05) is 12.8 Å². The maximum absolute atomic E-state index is 12.0. The van der Waals surface area contributed by atoms with E-state index >= 15 is 0 Å². The van der Waals surface area contributed by atoms with E-state index in [4.69, 9.17) is 5.73 Å². The molecule has 0 fully saturated rings. The Morgan fingerprint density at radius 2 is 2.00 bits per heavy atom. The highest BCUT2D eigenvalue weighted by Gasteiger charge is 2.19. The summed E-state index contributed by atoms with van der Waals surface area (Å²) in [5.41, 5.74) is 8.17. The van der Waals surface area contributed by atoms with Gasteiger partial charge in [-0.05, 0) is 35.6 Å². The van der Waals surface area contributed by atoms with Crippen LogP contribution in [0.25, 0.3) is 11.3 Å². The van der Waals surface area contributed by atoms with Crippen molar-refractivity contribution >= 4 is 34.4 Å². The van der Waals surface area contributed by atoms with Gasteiger partial charge in [0, 0.05) is 16.2 Å². The number of benzene rings is 1. The van der Waals surface area contributed by atoms with Gasteiger partial charge in [0.25, 0.3) is 5.91 Å². The minimum absolute atomic E-state index is 0.166. The standard InChI is InChI=1S/C13H13IN4O/c1-7-10(12(19)16-2)11(18-13(15)17-7)8-5-3-4-6-9(8)14/h3-6H,1-2H3,(H,16,19)(H2,15,17,18). The zero-order valence-electron chi connectivity index (χ0n) is 10.6. The predicted molar refractivity (Wildman–Crippen MR) is 82.7 cm³/mol. The zero-order chi connectivity index (χ0) is 14.0. The van der Waals surface area contributed by atoms with E-state index in [9.17, 15) is 4.79 Å². The lowest BCUT2D eigenvalue weighted by atomic mass is 10.0. The zero-order valence-corrected chi connectivity index (χ0v) is 12.7. The summed E-state index contributed by atoms with van der Waals surface area (Å²) in [6.45, 7) is 1.75. The molecule has 2 rings (SSSR count). The molecule has 0 aliphatic rings. The van der Waals surface area contributed by atoms with Crippen LogP contribution in [0, 0.1) is 10.5 Å². The highest BCUT2D eigenvalue weighted by molar-refractivity contribution is 14.1. The summed E-state index contributed by atoms with van der Waals surface area (Å²) in [4.78, 5) is 20.3. The summed E-state index contributed by atoms with van der Waals surface area (Å²) in [5, 5.41) is 2.61. The summed E-state index contributed by atoms with van der Waals surface area (Å²) in [6.07, 6.45) is 0. The van der Waals surface area contributed by atoms with Crippen LogP contribution in [-0.2, 0) is 0 Å². The van der Waals surface area contributed by atoms with Crippen molar-refractivity contribution in [2.45, 2.75) is 6.92 Å². The fourth-order valence-electron chi connectivity index (χ4n) is 1.84. The number of nitrogens with zero attached hydrogens (tertiary/aromatic N) is 2. The van der Waals surface area contributed by atoms with Gasteiger partial charge in [-0.1, -0.05) is 18.2 Å². The summed E-state index contributed by atoms with van der Waals surface area (Å²) in [7, 11) is 1.58. The number of halogens is 1. The average molecular weight is 368 g/mol. The lowest BCUT2D eigenvalue weighted by Crippen LogP contribution is -2.22. The van der Waals surface area contributed by atoms with Gasteiger partial charge in [0.2, 0.25) is 5.95 Å². The van der Waals surface area contributed by atoms with Crippen molar-refractivity contribution in [1.82, 2.24) is 15.3 Å². The minimum atomic E-state index is -0.216. The van der Waals surface area contributed by atoms with Gasteiger partial charge >= 0.3 is 0 Å². The van der Waals surface area contributed by atoms with Crippen LogP contribution in [0.4, 0.5) is 5.95 Å². The Hall–Kier alpha value is -1.70. The van der Waals surface area contributed by atoms with Gasteiger partial charge in [0.1, 0.15) is 0 Å². The van der Waals surface area contributed by atoms with Crippen molar-refractivity contribution in [2.24, 2.45) is 0 Å². The highest BCUT2D eigenvalue weighted by atomic mass is 127. The van der Waals surface area contributed by atoms with E-state index in [1.165, 1.54) is 0 Å². The molecule has 6 heteroatoms. The van der Waals surface area contributed by atoms with Gasteiger partial charge in [0.05, 0.1) is 17.0 Å². The molecule has 0 saturated heterocycles. The van der Waals surface area contributed by atoms with Crippen molar-refractivity contribution in [3.05, 3.63) is 39.1 Å². The number of rotatable bonds is 2. The second-order valence-electron chi connectivity index (χ2n) is 3.95. The monoisotopic (exact) mass is 368 g/mol. The van der Waals surface area contributed by atoms with E-state index in [0.717, 1.165) is 9.13 Å². The quantitative estimate of drug-likeness (QED) is 0.795. The van der Waals surface area contributed by atoms with E-state index in [2.05, 4.69) is 37.9 Å². The van der Waals surface area contributed by atoms with Crippen LogP contribution in [-0.4, -0.2) is 22.9 Å². The number of hydrogen-bond acceptors (Lipinski definition) is 4. The summed E-state index contributed by atoms with van der Waals surface area (Å²) >= 11 is 2.21. The van der Waals surface area contributed by atoms with Crippen LogP contribution < -0.4 is 11.1 Å². The first kappa shape index (κ1) is 13.7. The number of aromatic nitrogens is 2. The Morgan fingerprint density at radius 3 is 2.63 bits per heavy atom. The Morgan fingerprint density at radius 1 is 1.32 bits per heavy atom. The van der Waals surface area contributed by atoms with Gasteiger partial charge in [0.15, 0.2) is 0 Å². The maximum atomic E-state index is 12.0. The topological polar surface area (TPSA) is 80.9 Å². The second kappa shape index (κ2) is 5.52. The van der Waals surface area contributed by atoms with E-state index in [0.29, 0.717) is 17.0 Å². The van der Waals surface area contributed by atoms with Crippen molar-refractivity contribution < 1.29 is 4.79 Å². The molecule has 1 heterocycles. The molecule has 0 aliphatic carbocycles. The molecule has 5 nitrogen and oxygen atoms in total. The number of anilines is 1. The Balaban J connectivity index is 2.75. The number of aryl methyl sites for hydroxylation is 1. The molecule has 1 aromatic heterocycles. The summed E-state index contributed by atoms with van der Waals surface area (Å²) in [5.74, 6) is -0.0491. The molecular weight excluding hydrogens is 355 g/mol. The van der Waals surface area contributed by atoms with Crippen molar-refractivity contribution in [1.29, 1.82) is 0 Å². The van der Waals surface area contributed by atoms with Crippen molar-refractivity contribution in [3.8, 4) is 11.3 Å². The van der Waals surface area contributed by atoms with Crippen LogP contribution in [0.3, 0.4) is 0 Å². The number of nitrogens with two attached hydrogens (primary N) is 1. The van der Waals surface area contributed by atoms with E-state index in [1.807, 2.05) is 24.3 Å². The molecule has 0 aliphatic heterocycles. The lowest BCUT2D eigenvalue weighted by Gasteiger charge is -2.12. The SMILES string of the molecule is CNC(=O)c1c(C)nc(N)nc1-c1ccccc1I. The molecule has 1 amide bonds. The molecule has 0 bridgehead atoms. The molecule has 0 unspecified atom stereocenters. The first-order chi connectivity index (χ1) is 9.04. The largest absolute Gasteiger partial charge is 0.368 e. The second-order valence-corrected chi connectivity index (χ2v) is 5.11. The van der Waals surface area contributed by atoms with Gasteiger partial charge in [-0.3, -0.25) is 4.79 Å². The van der Waals surface area contributed by atoms with Crippen molar-refractivity contribution in [3.63, 3.8) is 0 Å². The Bertz CT molecular complexity index is 643. The Labute approximate surface area is 124 Å². The molecule has 0 atom stereocenters. The van der Waals surface area contributed by atoms with Gasteiger partial charge < -0.3 is 11.1 Å². The normalized spacial score (nSPS) is 10.3. The van der Waals surface area contributed by atoms with Crippen LogP contribution in [0.1, 0.15) is 16.1 Å². The summed E-state index contributed by atoms with van der Waals surface area (Å²) in [6, 6.07) is 7.70. The van der Waals surface area contributed by atoms with Crippen LogP contribution in [0.2, 0.25) is 0 Å². The van der Waals surface area contributed by atoms with Gasteiger partial charge in [-0.25, -0.2) is 9.97 Å². The van der Waals surface area contributed by atoms with Crippen LogP contribution in [0.15, 0.2) is 24.3 Å². The average Bonchev–Trinajstić information content (AvgIpc) is 2.37. The van der Waals surface area contributed by atoms with Crippen LogP contribution in [0.5, 0.6) is 0 Å². The fourth-order valence-corrected chi connectivity index (χ4v) is 2.48. The third kappa shape index (κ3) is 2.67. The fraction of sp³-hybridized carbons (Fsp3) is 0.154. The first-order valence-corrected chi connectivity index (χ1v) is 6.73. The van der Waals surface area contributed by atoms with E-state index in [1.54, 1.807) is 14.0 Å². The summed E-state index contributed by atoms with van der Waals surface area (Å²) < 4.78 is 1.00. The molecule has 19 heavy (non-hydrogen) atoms. The van der Waals surface area contributed by atoms with E-state index < -0.39 is 0 Å². The Kier molecular flexibility index (Phi) is 3.98. The van der Waals surface area contributed by atoms with Gasteiger partial charge in [-0.15, -0.1) is 0 Å². The third-order valence-corrected chi connectivity index (χ3v) is 3.63. The molecule has 3 N–H and O–H groups in total. The smallest absolute Gasteiger partial charge is 0.255 e. The maximum Gasteiger partial charge on any atom is 0.255 e. The molecule has 1 aromatic carbocycles.